The Labute approximate surface area is 103 Å². The third-order valence-electron chi connectivity index (χ3n) is 3.64. The monoisotopic (exact) mass is 234 g/mol. The number of aryl methyl sites for hydroxylation is 1. The predicted molar refractivity (Wildman–Crippen MR) is 70.2 cm³/mol. The van der Waals surface area contributed by atoms with Gasteiger partial charge in [-0.1, -0.05) is 17.7 Å². The van der Waals surface area contributed by atoms with Gasteiger partial charge in [0.25, 0.3) is 0 Å². The van der Waals surface area contributed by atoms with Crippen molar-refractivity contribution in [3.05, 3.63) is 29.3 Å². The molecule has 1 fully saturated rings. The molecule has 1 saturated carbocycles. The third-order valence-corrected chi connectivity index (χ3v) is 3.64. The van der Waals surface area contributed by atoms with Gasteiger partial charge in [0.2, 0.25) is 0 Å². The second-order valence-corrected chi connectivity index (χ2v) is 5.12. The Balaban J connectivity index is 1.91. The number of benzene rings is 1. The maximum atomic E-state index is 5.76. The summed E-state index contributed by atoms with van der Waals surface area (Å²) in [5.74, 6) is 0.959. The second-order valence-electron chi connectivity index (χ2n) is 5.12. The molecule has 94 valence electrons. The van der Waals surface area contributed by atoms with Gasteiger partial charge in [0.15, 0.2) is 0 Å². The Morgan fingerprint density at radius 3 is 2.76 bits per heavy atom. The molecule has 0 amide bonds. The molecule has 1 aliphatic carbocycles. The van der Waals surface area contributed by atoms with Crippen LogP contribution in [0.1, 0.15) is 24.0 Å². The Morgan fingerprint density at radius 2 is 2.18 bits per heavy atom. The molecule has 1 aromatic rings. The molecule has 1 aliphatic rings. The molecular weight excluding hydrogens is 212 g/mol. The van der Waals surface area contributed by atoms with Crippen molar-refractivity contribution in [1.29, 1.82) is 0 Å². The molecule has 1 aromatic carbocycles. The first-order valence-corrected chi connectivity index (χ1v) is 6.23. The van der Waals surface area contributed by atoms with Crippen LogP contribution in [-0.2, 0) is 6.54 Å². The SMILES string of the molecule is COc1ccc(C)cc1CNCC1(CN)CC1. The number of nitrogens with one attached hydrogen (secondary N) is 1. The van der Waals surface area contributed by atoms with E-state index in [1.54, 1.807) is 7.11 Å². The summed E-state index contributed by atoms with van der Waals surface area (Å²) in [6.07, 6.45) is 2.53. The second kappa shape index (κ2) is 5.07. The van der Waals surface area contributed by atoms with E-state index in [0.717, 1.165) is 25.4 Å². The van der Waals surface area contributed by atoms with Gasteiger partial charge in [-0.2, -0.15) is 0 Å². The lowest BCUT2D eigenvalue weighted by atomic mass is 10.1. The minimum atomic E-state index is 0.386. The maximum absolute atomic E-state index is 5.76. The molecule has 3 N–H and O–H groups in total. The standard InChI is InChI=1S/C14H22N2O/c1-11-3-4-13(17-2)12(7-11)8-16-10-14(9-15)5-6-14/h3-4,7,16H,5-6,8-10,15H2,1-2H3. The van der Waals surface area contributed by atoms with E-state index >= 15 is 0 Å². The molecule has 0 spiro atoms. The van der Waals surface area contributed by atoms with Gasteiger partial charge in [-0.05, 0) is 37.8 Å². The van der Waals surface area contributed by atoms with Gasteiger partial charge >= 0.3 is 0 Å². The highest BCUT2D eigenvalue weighted by Gasteiger charge is 2.40. The van der Waals surface area contributed by atoms with E-state index in [9.17, 15) is 0 Å². The summed E-state index contributed by atoms with van der Waals surface area (Å²) in [7, 11) is 1.72. The Bertz CT molecular complexity index is 386. The summed E-state index contributed by atoms with van der Waals surface area (Å²) in [6, 6.07) is 6.28. The first kappa shape index (κ1) is 12.4. The number of hydrogen-bond donors (Lipinski definition) is 2. The minimum absolute atomic E-state index is 0.386. The zero-order valence-corrected chi connectivity index (χ0v) is 10.8. The lowest BCUT2D eigenvalue weighted by Gasteiger charge is -2.15. The highest BCUT2D eigenvalue weighted by Crippen LogP contribution is 2.43. The van der Waals surface area contributed by atoms with Gasteiger partial charge in [0, 0.05) is 18.7 Å². The van der Waals surface area contributed by atoms with Crippen molar-refractivity contribution in [2.75, 3.05) is 20.2 Å². The first-order valence-electron chi connectivity index (χ1n) is 6.23. The molecule has 0 saturated heterocycles. The van der Waals surface area contributed by atoms with Crippen LogP contribution < -0.4 is 15.8 Å². The van der Waals surface area contributed by atoms with Crippen molar-refractivity contribution >= 4 is 0 Å². The molecule has 0 atom stereocenters. The van der Waals surface area contributed by atoms with E-state index in [2.05, 4.69) is 24.4 Å². The third kappa shape index (κ3) is 2.99. The van der Waals surface area contributed by atoms with Crippen LogP contribution >= 0.6 is 0 Å². The lowest BCUT2D eigenvalue weighted by molar-refractivity contribution is 0.404. The Morgan fingerprint density at radius 1 is 1.41 bits per heavy atom. The van der Waals surface area contributed by atoms with Gasteiger partial charge in [-0.15, -0.1) is 0 Å². The fourth-order valence-corrected chi connectivity index (χ4v) is 2.14. The van der Waals surface area contributed by atoms with Gasteiger partial charge in [-0.3, -0.25) is 0 Å². The van der Waals surface area contributed by atoms with Crippen LogP contribution in [0.2, 0.25) is 0 Å². The summed E-state index contributed by atoms with van der Waals surface area (Å²) < 4.78 is 5.36. The predicted octanol–water partition coefficient (Wildman–Crippen LogP) is 1.83. The fourth-order valence-electron chi connectivity index (χ4n) is 2.14. The van der Waals surface area contributed by atoms with Crippen molar-refractivity contribution < 1.29 is 4.74 Å². The molecule has 0 bridgehead atoms. The number of rotatable bonds is 6. The van der Waals surface area contributed by atoms with Crippen LogP contribution in [0.15, 0.2) is 18.2 Å². The molecule has 0 aromatic heterocycles. The summed E-state index contributed by atoms with van der Waals surface area (Å²) in [6.45, 7) is 4.77. The average molecular weight is 234 g/mol. The molecule has 2 rings (SSSR count). The zero-order chi connectivity index (χ0) is 12.3. The largest absolute Gasteiger partial charge is 0.496 e. The van der Waals surface area contributed by atoms with E-state index in [-0.39, 0.29) is 0 Å². The van der Waals surface area contributed by atoms with Crippen molar-refractivity contribution in [3.8, 4) is 5.75 Å². The molecule has 0 unspecified atom stereocenters. The zero-order valence-electron chi connectivity index (χ0n) is 10.8. The number of hydrogen-bond acceptors (Lipinski definition) is 3. The molecule has 17 heavy (non-hydrogen) atoms. The molecule has 0 aliphatic heterocycles. The van der Waals surface area contributed by atoms with Crippen LogP contribution in [0.5, 0.6) is 5.75 Å². The molecular formula is C14H22N2O. The average Bonchev–Trinajstić information content (AvgIpc) is 3.10. The summed E-state index contributed by atoms with van der Waals surface area (Å²) in [5.41, 5.74) is 8.64. The highest BCUT2D eigenvalue weighted by atomic mass is 16.5. The van der Waals surface area contributed by atoms with Crippen LogP contribution in [0.4, 0.5) is 0 Å². The van der Waals surface area contributed by atoms with E-state index in [1.165, 1.54) is 24.0 Å². The smallest absolute Gasteiger partial charge is 0.123 e. The van der Waals surface area contributed by atoms with Crippen LogP contribution in [-0.4, -0.2) is 20.2 Å². The quantitative estimate of drug-likeness (QED) is 0.789. The fraction of sp³-hybridized carbons (Fsp3) is 0.571. The number of ether oxygens (including phenoxy) is 1. The first-order chi connectivity index (χ1) is 8.19. The van der Waals surface area contributed by atoms with Gasteiger partial charge < -0.3 is 15.8 Å². The van der Waals surface area contributed by atoms with Gasteiger partial charge in [0.05, 0.1) is 7.11 Å². The van der Waals surface area contributed by atoms with Crippen LogP contribution in [0.3, 0.4) is 0 Å². The topological polar surface area (TPSA) is 47.3 Å². The molecule has 0 heterocycles. The highest BCUT2D eigenvalue weighted by molar-refractivity contribution is 5.36. The van der Waals surface area contributed by atoms with Crippen LogP contribution in [0.25, 0.3) is 0 Å². The normalized spacial score (nSPS) is 16.9. The van der Waals surface area contributed by atoms with Gasteiger partial charge in [-0.25, -0.2) is 0 Å². The van der Waals surface area contributed by atoms with Gasteiger partial charge in [0.1, 0.15) is 5.75 Å². The van der Waals surface area contributed by atoms with Crippen molar-refractivity contribution in [2.24, 2.45) is 11.1 Å². The number of methoxy groups -OCH3 is 1. The Kier molecular flexibility index (Phi) is 3.69. The van der Waals surface area contributed by atoms with E-state index < -0.39 is 0 Å². The lowest BCUT2D eigenvalue weighted by Crippen LogP contribution is -2.29. The molecule has 0 radical (unpaired) electrons. The van der Waals surface area contributed by atoms with Crippen LogP contribution in [0, 0.1) is 12.3 Å². The van der Waals surface area contributed by atoms with E-state index in [1.807, 2.05) is 6.07 Å². The molecule has 3 nitrogen and oxygen atoms in total. The van der Waals surface area contributed by atoms with E-state index in [4.69, 9.17) is 10.5 Å². The van der Waals surface area contributed by atoms with Crippen molar-refractivity contribution in [2.45, 2.75) is 26.3 Å². The summed E-state index contributed by atoms with van der Waals surface area (Å²) >= 11 is 0. The summed E-state index contributed by atoms with van der Waals surface area (Å²) in [5, 5.41) is 3.50. The Hall–Kier alpha value is -1.06. The van der Waals surface area contributed by atoms with E-state index in [0.29, 0.717) is 5.41 Å². The molecule has 3 heteroatoms. The summed E-state index contributed by atoms with van der Waals surface area (Å²) in [4.78, 5) is 0. The number of nitrogens with two attached hydrogens (primary N) is 1. The maximum Gasteiger partial charge on any atom is 0.123 e. The van der Waals surface area contributed by atoms with Crippen molar-refractivity contribution in [3.63, 3.8) is 0 Å². The van der Waals surface area contributed by atoms with Crippen molar-refractivity contribution in [1.82, 2.24) is 5.32 Å². The minimum Gasteiger partial charge on any atom is -0.496 e.